The Morgan fingerprint density at radius 2 is 1.57 bits per heavy atom. The van der Waals surface area contributed by atoms with E-state index < -0.39 is 11.9 Å². The van der Waals surface area contributed by atoms with Crippen molar-refractivity contribution in [3.63, 3.8) is 0 Å². The van der Waals surface area contributed by atoms with E-state index >= 15 is 0 Å². The average Bonchev–Trinajstić information content (AvgIpc) is 3.06. The van der Waals surface area contributed by atoms with Gasteiger partial charge in [-0.2, -0.15) is 0 Å². The van der Waals surface area contributed by atoms with Crippen LogP contribution in [0.2, 0.25) is 0 Å². The quantitative estimate of drug-likeness (QED) is 0.437. The Labute approximate surface area is 210 Å². The summed E-state index contributed by atoms with van der Waals surface area (Å²) in [5, 5.41) is 14.8. The summed E-state index contributed by atoms with van der Waals surface area (Å²) in [6.07, 6.45) is 5.04. The molecule has 7 heteroatoms. The van der Waals surface area contributed by atoms with Crippen LogP contribution >= 0.6 is 0 Å². The molecule has 7 nitrogen and oxygen atoms in total. The lowest BCUT2D eigenvalue weighted by atomic mass is 10.1. The van der Waals surface area contributed by atoms with Crippen molar-refractivity contribution >= 4 is 11.9 Å². The highest BCUT2D eigenvalue weighted by Crippen LogP contribution is 2.18. The highest BCUT2D eigenvalue weighted by molar-refractivity contribution is 6.27. The first-order chi connectivity index (χ1) is 16.8. The Bertz CT molecular complexity index is 815. The van der Waals surface area contributed by atoms with Crippen molar-refractivity contribution in [2.75, 3.05) is 40.5 Å². The van der Waals surface area contributed by atoms with Gasteiger partial charge in [-0.05, 0) is 55.0 Å². The van der Waals surface area contributed by atoms with Crippen LogP contribution in [0.5, 0.6) is 5.75 Å². The fraction of sp³-hybridized carbons (Fsp3) is 0.429. The number of carboxylic acid groups (broad SMARTS) is 2. The van der Waals surface area contributed by atoms with E-state index in [1.165, 1.54) is 43.5 Å². The second kappa shape index (κ2) is 20.2. The van der Waals surface area contributed by atoms with Crippen LogP contribution in [-0.4, -0.2) is 67.5 Å². The first-order valence-corrected chi connectivity index (χ1v) is 11.7. The normalized spacial score (nSPS) is 14.9. The molecule has 3 rings (SSSR count). The van der Waals surface area contributed by atoms with Crippen LogP contribution in [0.15, 0.2) is 67.8 Å². The van der Waals surface area contributed by atoms with Gasteiger partial charge in [-0.1, -0.05) is 55.8 Å². The van der Waals surface area contributed by atoms with Gasteiger partial charge in [0.25, 0.3) is 0 Å². The zero-order valence-electron chi connectivity index (χ0n) is 21.3. The summed E-state index contributed by atoms with van der Waals surface area (Å²) in [5.41, 5.74) is 2.65. The highest BCUT2D eigenvalue weighted by Gasteiger charge is 2.14. The monoisotopic (exact) mass is 487 g/mol. The molecule has 1 heterocycles. The van der Waals surface area contributed by atoms with Crippen molar-refractivity contribution in [3.05, 3.63) is 78.9 Å². The van der Waals surface area contributed by atoms with E-state index in [-0.39, 0.29) is 0 Å². The van der Waals surface area contributed by atoms with Crippen LogP contribution in [-0.2, 0) is 20.7 Å². The maximum absolute atomic E-state index is 9.10. The molecule has 0 saturated carbocycles. The van der Waals surface area contributed by atoms with Crippen molar-refractivity contribution < 1.29 is 29.3 Å². The number of methoxy groups -OCH3 is 1. The molecule has 2 aromatic carbocycles. The number of hydrogen-bond donors (Lipinski definition) is 2. The van der Waals surface area contributed by atoms with E-state index in [0.717, 1.165) is 31.2 Å². The second-order valence-electron chi connectivity index (χ2n) is 8.08. The van der Waals surface area contributed by atoms with E-state index in [0.29, 0.717) is 0 Å². The topological polar surface area (TPSA) is 96.3 Å². The van der Waals surface area contributed by atoms with Gasteiger partial charge in [0, 0.05) is 27.3 Å². The SMILES string of the molecule is C=C.CC1CCCCN(CCOc2cccc(Cc3ccccc3)c2)C1.COC.O=C(O)C(=O)O. The van der Waals surface area contributed by atoms with Gasteiger partial charge in [-0.3, -0.25) is 4.90 Å². The standard InChI is InChI=1S/C22H29NO.C2H2O4.C2H6O.C2H4/c1-19-8-5-6-13-23(18-19)14-15-24-22-12-7-11-21(17-22)16-20-9-3-2-4-10-20;3-1(4)2(5)6;1-3-2;1-2/h2-4,7,9-12,17,19H,5-6,8,13-16,18H2,1H3;(H,3,4)(H,5,6);1-2H3;1-2H2. The third kappa shape index (κ3) is 16.2. The number of likely N-dealkylation sites (tertiary alicyclic amines) is 1. The molecule has 0 spiro atoms. The number of carbonyl (C=O) groups is 2. The maximum Gasteiger partial charge on any atom is 0.414 e. The van der Waals surface area contributed by atoms with E-state index in [9.17, 15) is 0 Å². The largest absolute Gasteiger partial charge is 0.492 e. The molecule has 0 aromatic heterocycles. The molecule has 0 bridgehead atoms. The zero-order valence-corrected chi connectivity index (χ0v) is 21.3. The van der Waals surface area contributed by atoms with Crippen LogP contribution in [0.1, 0.15) is 37.3 Å². The third-order valence-electron chi connectivity index (χ3n) is 5.00. The molecule has 1 fully saturated rings. The van der Waals surface area contributed by atoms with Crippen LogP contribution < -0.4 is 4.74 Å². The lowest BCUT2D eigenvalue weighted by Gasteiger charge is -2.22. The molecule has 1 saturated heterocycles. The van der Waals surface area contributed by atoms with Crippen molar-refractivity contribution in [3.8, 4) is 5.75 Å². The Morgan fingerprint density at radius 3 is 2.17 bits per heavy atom. The number of aliphatic carboxylic acids is 2. The van der Waals surface area contributed by atoms with Gasteiger partial charge in [0.1, 0.15) is 12.4 Å². The van der Waals surface area contributed by atoms with Crippen molar-refractivity contribution in [1.29, 1.82) is 0 Å². The minimum absolute atomic E-state index is 0.779. The maximum atomic E-state index is 9.10. The van der Waals surface area contributed by atoms with Crippen LogP contribution in [0.25, 0.3) is 0 Å². The van der Waals surface area contributed by atoms with Gasteiger partial charge in [0.15, 0.2) is 0 Å². The summed E-state index contributed by atoms with van der Waals surface area (Å²) >= 11 is 0. The number of nitrogens with zero attached hydrogens (tertiary/aromatic N) is 1. The van der Waals surface area contributed by atoms with Crippen molar-refractivity contribution in [1.82, 2.24) is 4.90 Å². The van der Waals surface area contributed by atoms with Crippen LogP contribution in [0.4, 0.5) is 0 Å². The molecular weight excluding hydrogens is 446 g/mol. The number of ether oxygens (including phenoxy) is 2. The fourth-order valence-electron chi connectivity index (χ4n) is 3.52. The molecule has 2 N–H and O–H groups in total. The lowest BCUT2D eigenvalue weighted by Crippen LogP contribution is -2.31. The van der Waals surface area contributed by atoms with Gasteiger partial charge in [-0.15, -0.1) is 13.2 Å². The fourth-order valence-corrected chi connectivity index (χ4v) is 3.52. The molecule has 0 radical (unpaired) electrons. The van der Waals surface area contributed by atoms with Gasteiger partial charge in [0.2, 0.25) is 0 Å². The molecule has 1 aliphatic rings. The molecule has 0 amide bonds. The van der Waals surface area contributed by atoms with Crippen molar-refractivity contribution in [2.45, 2.75) is 32.6 Å². The average molecular weight is 488 g/mol. The number of carboxylic acids is 2. The Morgan fingerprint density at radius 1 is 0.971 bits per heavy atom. The Balaban J connectivity index is 0.000000894. The van der Waals surface area contributed by atoms with Gasteiger partial charge in [0.05, 0.1) is 0 Å². The second-order valence-corrected chi connectivity index (χ2v) is 8.08. The molecular formula is C28H41NO6. The zero-order chi connectivity index (χ0) is 26.5. The highest BCUT2D eigenvalue weighted by atomic mass is 16.5. The molecule has 1 atom stereocenters. The molecule has 194 valence electrons. The molecule has 0 aliphatic carbocycles. The molecule has 1 aliphatic heterocycles. The summed E-state index contributed by atoms with van der Waals surface area (Å²) in [6, 6.07) is 19.1. The first-order valence-electron chi connectivity index (χ1n) is 11.7. The summed E-state index contributed by atoms with van der Waals surface area (Å²) in [5.74, 6) is -1.84. The predicted molar refractivity (Wildman–Crippen MR) is 140 cm³/mol. The molecule has 1 unspecified atom stereocenters. The number of hydrogen-bond acceptors (Lipinski definition) is 5. The summed E-state index contributed by atoms with van der Waals surface area (Å²) in [6.45, 7) is 12.6. The summed E-state index contributed by atoms with van der Waals surface area (Å²) in [4.78, 5) is 20.8. The Kier molecular flexibility index (Phi) is 18.4. The van der Waals surface area contributed by atoms with E-state index in [2.05, 4.69) is 84.3 Å². The van der Waals surface area contributed by atoms with Gasteiger partial charge >= 0.3 is 11.9 Å². The first kappa shape index (κ1) is 31.8. The van der Waals surface area contributed by atoms with Crippen LogP contribution in [0, 0.1) is 5.92 Å². The summed E-state index contributed by atoms with van der Waals surface area (Å²) < 4.78 is 10.3. The van der Waals surface area contributed by atoms with E-state index in [4.69, 9.17) is 24.5 Å². The van der Waals surface area contributed by atoms with Crippen molar-refractivity contribution in [2.24, 2.45) is 5.92 Å². The number of rotatable bonds is 6. The van der Waals surface area contributed by atoms with Gasteiger partial charge < -0.3 is 19.7 Å². The lowest BCUT2D eigenvalue weighted by molar-refractivity contribution is -0.159. The van der Waals surface area contributed by atoms with E-state index in [1.807, 2.05) is 0 Å². The van der Waals surface area contributed by atoms with Gasteiger partial charge in [-0.25, -0.2) is 9.59 Å². The minimum Gasteiger partial charge on any atom is -0.492 e. The molecule has 2 aromatic rings. The minimum atomic E-state index is -1.82. The summed E-state index contributed by atoms with van der Waals surface area (Å²) in [7, 11) is 3.25. The smallest absolute Gasteiger partial charge is 0.414 e. The molecule has 35 heavy (non-hydrogen) atoms. The van der Waals surface area contributed by atoms with Crippen LogP contribution in [0.3, 0.4) is 0 Å². The third-order valence-corrected chi connectivity index (χ3v) is 5.00. The Hall–Kier alpha value is -3.16. The predicted octanol–water partition coefficient (Wildman–Crippen LogP) is 5.00. The van der Waals surface area contributed by atoms with E-state index in [1.54, 1.807) is 14.2 Å². The number of benzene rings is 2.